The fourth-order valence-corrected chi connectivity index (χ4v) is 2.76. The van der Waals surface area contributed by atoms with E-state index in [1.165, 1.54) is 0 Å². The first-order chi connectivity index (χ1) is 7.72. The second kappa shape index (κ2) is 4.91. The van der Waals surface area contributed by atoms with Crippen LogP contribution in [0.2, 0.25) is 0 Å². The van der Waals surface area contributed by atoms with Gasteiger partial charge in [-0.1, -0.05) is 18.2 Å². The first-order valence-corrected chi connectivity index (χ1v) is 6.89. The highest BCUT2D eigenvalue weighted by Gasteiger charge is 2.26. The Morgan fingerprint density at radius 2 is 2.19 bits per heavy atom. The molecule has 1 heterocycles. The molecular formula is C13H17NOS. The van der Waals surface area contributed by atoms with E-state index in [0.29, 0.717) is 5.25 Å². The standard InChI is InChI=1S/C13H17NOS/c1-10-5-3-4-6-12(10)13(15)14-8-7-11(9-14)16-2/h3-6,11H,7-9H2,1-2H3. The Kier molecular flexibility index (Phi) is 3.54. The number of benzene rings is 1. The van der Waals surface area contributed by atoms with E-state index >= 15 is 0 Å². The number of hydrogen-bond acceptors (Lipinski definition) is 2. The van der Waals surface area contributed by atoms with E-state index < -0.39 is 0 Å². The van der Waals surface area contributed by atoms with Crippen molar-refractivity contribution in [3.05, 3.63) is 35.4 Å². The lowest BCUT2D eigenvalue weighted by atomic mass is 10.1. The van der Waals surface area contributed by atoms with Crippen molar-refractivity contribution in [2.45, 2.75) is 18.6 Å². The van der Waals surface area contributed by atoms with Crippen LogP contribution in [0, 0.1) is 6.92 Å². The number of thioether (sulfide) groups is 1. The average molecular weight is 235 g/mol. The lowest BCUT2D eigenvalue weighted by molar-refractivity contribution is 0.0792. The van der Waals surface area contributed by atoms with Gasteiger partial charge in [-0.25, -0.2) is 0 Å². The molecule has 1 aromatic carbocycles. The lowest BCUT2D eigenvalue weighted by Gasteiger charge is -2.17. The number of hydrogen-bond donors (Lipinski definition) is 0. The molecule has 2 rings (SSSR count). The Morgan fingerprint density at radius 3 is 2.81 bits per heavy atom. The van der Waals surface area contributed by atoms with Gasteiger partial charge in [0.2, 0.25) is 0 Å². The predicted octanol–water partition coefficient (Wildman–Crippen LogP) is 2.57. The van der Waals surface area contributed by atoms with Gasteiger partial charge < -0.3 is 4.90 Å². The minimum atomic E-state index is 0.189. The average Bonchev–Trinajstić information content (AvgIpc) is 2.77. The van der Waals surface area contributed by atoms with E-state index in [2.05, 4.69) is 6.26 Å². The Hall–Kier alpha value is -0.960. The van der Waals surface area contributed by atoms with Crippen LogP contribution in [-0.4, -0.2) is 35.4 Å². The number of likely N-dealkylation sites (tertiary alicyclic amines) is 1. The van der Waals surface area contributed by atoms with Crippen LogP contribution in [0.15, 0.2) is 24.3 Å². The van der Waals surface area contributed by atoms with Gasteiger partial charge >= 0.3 is 0 Å². The molecule has 1 amide bonds. The summed E-state index contributed by atoms with van der Waals surface area (Å²) >= 11 is 1.86. The van der Waals surface area contributed by atoms with Gasteiger partial charge in [0.05, 0.1) is 0 Å². The summed E-state index contributed by atoms with van der Waals surface area (Å²) in [5.74, 6) is 0.189. The smallest absolute Gasteiger partial charge is 0.254 e. The number of rotatable bonds is 2. The summed E-state index contributed by atoms with van der Waals surface area (Å²) in [6.45, 7) is 3.79. The Morgan fingerprint density at radius 1 is 1.44 bits per heavy atom. The molecule has 0 aromatic heterocycles. The molecule has 1 fully saturated rings. The summed E-state index contributed by atoms with van der Waals surface area (Å²) in [5, 5.41) is 0.618. The highest BCUT2D eigenvalue weighted by Crippen LogP contribution is 2.22. The largest absolute Gasteiger partial charge is 0.337 e. The number of carbonyl (C=O) groups is 1. The fraction of sp³-hybridized carbons (Fsp3) is 0.462. The van der Waals surface area contributed by atoms with Crippen LogP contribution < -0.4 is 0 Å². The minimum Gasteiger partial charge on any atom is -0.337 e. The van der Waals surface area contributed by atoms with Crippen molar-refractivity contribution in [3.8, 4) is 0 Å². The molecule has 16 heavy (non-hydrogen) atoms. The highest BCUT2D eigenvalue weighted by atomic mass is 32.2. The van der Waals surface area contributed by atoms with Gasteiger partial charge in [0, 0.05) is 23.9 Å². The minimum absolute atomic E-state index is 0.189. The molecule has 0 radical (unpaired) electrons. The first kappa shape index (κ1) is 11.5. The number of nitrogens with zero attached hydrogens (tertiary/aromatic N) is 1. The quantitative estimate of drug-likeness (QED) is 0.785. The van der Waals surface area contributed by atoms with Gasteiger partial charge in [-0.05, 0) is 31.2 Å². The zero-order valence-electron chi connectivity index (χ0n) is 9.77. The van der Waals surface area contributed by atoms with Gasteiger partial charge in [0.25, 0.3) is 5.91 Å². The summed E-state index contributed by atoms with van der Waals surface area (Å²) < 4.78 is 0. The molecule has 1 atom stereocenters. The molecule has 1 unspecified atom stereocenters. The molecule has 0 N–H and O–H groups in total. The van der Waals surface area contributed by atoms with E-state index in [9.17, 15) is 4.79 Å². The SMILES string of the molecule is CSC1CCN(C(=O)c2ccccc2C)C1. The number of amides is 1. The summed E-state index contributed by atoms with van der Waals surface area (Å²) in [4.78, 5) is 14.2. The van der Waals surface area contributed by atoms with Crippen LogP contribution in [0.5, 0.6) is 0 Å². The molecule has 1 saturated heterocycles. The molecular weight excluding hydrogens is 218 g/mol. The second-order valence-electron chi connectivity index (χ2n) is 4.21. The molecule has 1 aliphatic rings. The molecule has 2 nitrogen and oxygen atoms in total. The zero-order valence-corrected chi connectivity index (χ0v) is 10.6. The highest BCUT2D eigenvalue weighted by molar-refractivity contribution is 7.99. The molecule has 0 aliphatic carbocycles. The monoisotopic (exact) mass is 235 g/mol. The summed E-state index contributed by atoms with van der Waals surface area (Å²) in [5.41, 5.74) is 1.92. The van der Waals surface area contributed by atoms with Crippen LogP contribution in [0.3, 0.4) is 0 Å². The van der Waals surface area contributed by atoms with E-state index in [1.807, 2.05) is 47.9 Å². The summed E-state index contributed by atoms with van der Waals surface area (Å²) in [6, 6.07) is 7.82. The maximum Gasteiger partial charge on any atom is 0.254 e. The van der Waals surface area contributed by atoms with Crippen molar-refractivity contribution in [2.75, 3.05) is 19.3 Å². The molecule has 1 aromatic rings. The van der Waals surface area contributed by atoms with Crippen LogP contribution >= 0.6 is 11.8 Å². The van der Waals surface area contributed by atoms with Gasteiger partial charge in [-0.15, -0.1) is 0 Å². The maximum atomic E-state index is 12.2. The molecule has 1 aliphatic heterocycles. The van der Waals surface area contributed by atoms with Crippen LogP contribution in [0.4, 0.5) is 0 Å². The van der Waals surface area contributed by atoms with E-state index in [1.54, 1.807) is 0 Å². The topological polar surface area (TPSA) is 20.3 Å². The Labute approximate surface area is 101 Å². The van der Waals surface area contributed by atoms with Crippen LogP contribution in [0.1, 0.15) is 22.3 Å². The van der Waals surface area contributed by atoms with Crippen LogP contribution in [-0.2, 0) is 0 Å². The second-order valence-corrected chi connectivity index (χ2v) is 5.35. The molecule has 86 valence electrons. The third-order valence-electron chi connectivity index (χ3n) is 3.14. The van der Waals surface area contributed by atoms with Crippen molar-refractivity contribution in [1.29, 1.82) is 0 Å². The molecule has 0 bridgehead atoms. The van der Waals surface area contributed by atoms with Crippen molar-refractivity contribution in [2.24, 2.45) is 0 Å². The van der Waals surface area contributed by atoms with Crippen molar-refractivity contribution in [3.63, 3.8) is 0 Å². The van der Waals surface area contributed by atoms with E-state index in [-0.39, 0.29) is 5.91 Å². The van der Waals surface area contributed by atoms with Crippen LogP contribution in [0.25, 0.3) is 0 Å². The third-order valence-corrected chi connectivity index (χ3v) is 4.19. The van der Waals surface area contributed by atoms with E-state index in [0.717, 1.165) is 30.6 Å². The Bertz CT molecular complexity index is 391. The van der Waals surface area contributed by atoms with Crippen molar-refractivity contribution in [1.82, 2.24) is 4.90 Å². The van der Waals surface area contributed by atoms with Crippen molar-refractivity contribution < 1.29 is 4.79 Å². The number of carbonyl (C=O) groups excluding carboxylic acids is 1. The molecule has 3 heteroatoms. The van der Waals surface area contributed by atoms with Gasteiger partial charge in [0.1, 0.15) is 0 Å². The van der Waals surface area contributed by atoms with Gasteiger partial charge in [0.15, 0.2) is 0 Å². The zero-order chi connectivity index (χ0) is 11.5. The van der Waals surface area contributed by atoms with Crippen molar-refractivity contribution >= 4 is 17.7 Å². The lowest BCUT2D eigenvalue weighted by Crippen LogP contribution is -2.29. The predicted molar refractivity (Wildman–Crippen MR) is 69.0 cm³/mol. The summed E-state index contributed by atoms with van der Waals surface area (Å²) in [7, 11) is 0. The molecule has 0 saturated carbocycles. The van der Waals surface area contributed by atoms with Gasteiger partial charge in [-0.2, -0.15) is 11.8 Å². The van der Waals surface area contributed by atoms with E-state index in [4.69, 9.17) is 0 Å². The maximum absolute atomic E-state index is 12.2. The summed E-state index contributed by atoms with van der Waals surface area (Å²) in [6.07, 6.45) is 3.24. The Balaban J connectivity index is 2.12. The normalized spacial score (nSPS) is 20.1. The molecule has 0 spiro atoms. The third kappa shape index (κ3) is 2.24. The fourth-order valence-electron chi connectivity index (χ4n) is 2.09. The number of aryl methyl sites for hydroxylation is 1. The first-order valence-electron chi connectivity index (χ1n) is 5.60. The van der Waals surface area contributed by atoms with Gasteiger partial charge in [-0.3, -0.25) is 4.79 Å².